The number of carbonyl (C=O) groups is 1. The van der Waals surface area contributed by atoms with Crippen LogP contribution in [0.1, 0.15) is 11.1 Å². The van der Waals surface area contributed by atoms with Crippen LogP contribution < -0.4 is 16.4 Å². The van der Waals surface area contributed by atoms with E-state index in [1.165, 1.54) is 23.5 Å². The highest BCUT2D eigenvalue weighted by molar-refractivity contribution is 7.18. The van der Waals surface area contributed by atoms with Crippen LogP contribution >= 0.6 is 11.3 Å². The molecule has 28 heavy (non-hydrogen) atoms. The van der Waals surface area contributed by atoms with Crippen LogP contribution in [0.5, 0.6) is 0 Å². The van der Waals surface area contributed by atoms with Crippen molar-refractivity contribution in [3.63, 3.8) is 0 Å². The van der Waals surface area contributed by atoms with Crippen LogP contribution in [0.3, 0.4) is 0 Å². The number of nitrogens with zero attached hydrogens (tertiary/aromatic N) is 1. The van der Waals surface area contributed by atoms with Crippen LogP contribution in [0, 0.1) is 11.6 Å². The summed E-state index contributed by atoms with van der Waals surface area (Å²) >= 11 is 1.49. The number of amides is 1. The molecule has 5 nitrogen and oxygen atoms in total. The minimum absolute atomic E-state index is 0.00818. The molecule has 8 heteroatoms. The number of nitrogens with one attached hydrogen (secondary N) is 2. The van der Waals surface area contributed by atoms with E-state index in [-0.39, 0.29) is 11.9 Å². The number of aromatic nitrogens is 1. The van der Waals surface area contributed by atoms with Gasteiger partial charge < -0.3 is 16.4 Å². The van der Waals surface area contributed by atoms with E-state index in [4.69, 9.17) is 5.73 Å². The fourth-order valence-corrected chi connectivity index (χ4v) is 3.95. The van der Waals surface area contributed by atoms with Crippen molar-refractivity contribution in [1.82, 2.24) is 4.98 Å². The van der Waals surface area contributed by atoms with Gasteiger partial charge in [0.15, 0.2) is 16.8 Å². The molecule has 0 saturated heterocycles. The van der Waals surface area contributed by atoms with Crippen molar-refractivity contribution in [2.24, 2.45) is 5.73 Å². The number of carbonyl (C=O) groups excluding carboxylic acids is 1. The zero-order valence-electron chi connectivity index (χ0n) is 14.8. The third kappa shape index (κ3) is 4.02. The molecule has 144 valence electrons. The summed E-state index contributed by atoms with van der Waals surface area (Å²) in [5.41, 5.74) is 9.59. The Morgan fingerprint density at radius 2 is 2.07 bits per heavy atom. The van der Waals surface area contributed by atoms with Gasteiger partial charge in [0.25, 0.3) is 0 Å². The number of hydrogen-bond acceptors (Lipinski definition) is 5. The molecule has 0 unspecified atom stereocenters. The number of hydrogen-bond donors (Lipinski definition) is 3. The average Bonchev–Trinajstić information content (AvgIpc) is 3.28. The summed E-state index contributed by atoms with van der Waals surface area (Å²) in [5, 5.41) is 6.73. The number of nitrogens with two attached hydrogens (primary N) is 1. The van der Waals surface area contributed by atoms with Gasteiger partial charge in [-0.1, -0.05) is 23.5 Å². The summed E-state index contributed by atoms with van der Waals surface area (Å²) < 4.78 is 26.3. The second kappa shape index (κ2) is 7.65. The Morgan fingerprint density at radius 3 is 2.89 bits per heavy atom. The molecule has 0 saturated carbocycles. The summed E-state index contributed by atoms with van der Waals surface area (Å²) in [6.07, 6.45) is 2.60. The van der Waals surface area contributed by atoms with Crippen molar-refractivity contribution in [2.75, 3.05) is 17.2 Å². The predicted octanol–water partition coefficient (Wildman–Crippen LogP) is 3.56. The number of rotatable bonds is 6. The molecule has 1 aliphatic heterocycles. The molecule has 1 amide bonds. The van der Waals surface area contributed by atoms with Gasteiger partial charge in [-0.25, -0.2) is 13.8 Å². The molecule has 2 aromatic carbocycles. The molecule has 0 spiro atoms. The van der Waals surface area contributed by atoms with Gasteiger partial charge >= 0.3 is 0 Å². The molecule has 0 bridgehead atoms. The summed E-state index contributed by atoms with van der Waals surface area (Å²) in [6.45, 7) is 0.453. The first kappa shape index (κ1) is 18.5. The van der Waals surface area contributed by atoms with Crippen molar-refractivity contribution in [2.45, 2.75) is 18.9 Å². The van der Waals surface area contributed by atoms with Crippen LogP contribution in [-0.4, -0.2) is 23.5 Å². The monoisotopic (exact) mass is 400 g/mol. The Bertz CT molecular complexity index is 1040. The number of thiazole rings is 1. The van der Waals surface area contributed by atoms with Crippen molar-refractivity contribution in [3.8, 4) is 10.4 Å². The maximum absolute atomic E-state index is 13.3. The van der Waals surface area contributed by atoms with Crippen LogP contribution in [0.15, 0.2) is 42.6 Å². The standard InChI is InChI=1S/C20H18F2N4OS/c21-15-3-1-11(6-16(15)22)5-14(23)9-24-20-25-10-18(28-20)12-2-4-17-13(7-12)8-19(27)26-17/h1-4,6-7,10,14H,5,8-9,23H2,(H,24,25)(H,26,27)/t14-/m0/s1. The van der Waals surface area contributed by atoms with Gasteiger partial charge in [0.1, 0.15) is 0 Å². The molecule has 4 rings (SSSR count). The molecule has 0 aliphatic carbocycles. The minimum Gasteiger partial charge on any atom is -0.360 e. The maximum Gasteiger partial charge on any atom is 0.228 e. The number of anilines is 2. The summed E-state index contributed by atoms with van der Waals surface area (Å²) in [5.74, 6) is -1.72. The van der Waals surface area contributed by atoms with Crippen molar-refractivity contribution in [1.29, 1.82) is 0 Å². The van der Waals surface area contributed by atoms with Gasteiger partial charge in [0, 0.05) is 24.5 Å². The molecule has 1 aliphatic rings. The van der Waals surface area contributed by atoms with Crippen molar-refractivity contribution >= 4 is 28.1 Å². The van der Waals surface area contributed by atoms with Gasteiger partial charge in [0.2, 0.25) is 5.91 Å². The third-order valence-electron chi connectivity index (χ3n) is 4.52. The predicted molar refractivity (Wildman–Crippen MR) is 106 cm³/mol. The lowest BCUT2D eigenvalue weighted by Crippen LogP contribution is -2.31. The van der Waals surface area contributed by atoms with Crippen LogP contribution in [0.25, 0.3) is 10.4 Å². The molecular formula is C20H18F2N4OS. The van der Waals surface area contributed by atoms with Crippen LogP contribution in [0.4, 0.5) is 19.6 Å². The van der Waals surface area contributed by atoms with E-state index >= 15 is 0 Å². The van der Waals surface area contributed by atoms with Crippen molar-refractivity contribution in [3.05, 3.63) is 65.4 Å². The highest BCUT2D eigenvalue weighted by Crippen LogP contribution is 2.33. The Balaban J connectivity index is 1.36. The molecule has 1 atom stereocenters. The van der Waals surface area contributed by atoms with Gasteiger partial charge in [-0.2, -0.15) is 0 Å². The molecule has 0 radical (unpaired) electrons. The molecule has 2 heterocycles. The fraction of sp³-hybridized carbons (Fsp3) is 0.200. The lowest BCUT2D eigenvalue weighted by Gasteiger charge is -2.12. The summed E-state index contributed by atoms with van der Waals surface area (Å²) in [4.78, 5) is 16.8. The number of benzene rings is 2. The maximum atomic E-state index is 13.3. The van der Waals surface area contributed by atoms with Gasteiger partial charge in [-0.3, -0.25) is 4.79 Å². The second-order valence-corrected chi connectivity index (χ2v) is 7.75. The van der Waals surface area contributed by atoms with E-state index in [2.05, 4.69) is 15.6 Å². The minimum atomic E-state index is -0.867. The Hall–Kier alpha value is -2.84. The lowest BCUT2D eigenvalue weighted by atomic mass is 10.1. The zero-order chi connectivity index (χ0) is 19.7. The van der Waals surface area contributed by atoms with E-state index in [1.807, 2.05) is 18.2 Å². The smallest absolute Gasteiger partial charge is 0.228 e. The molecule has 1 aromatic heterocycles. The first-order valence-electron chi connectivity index (χ1n) is 8.80. The number of fused-ring (bicyclic) bond motifs is 1. The third-order valence-corrected chi connectivity index (χ3v) is 5.52. The molecule has 4 N–H and O–H groups in total. The Morgan fingerprint density at radius 1 is 1.21 bits per heavy atom. The lowest BCUT2D eigenvalue weighted by molar-refractivity contribution is -0.115. The molecule has 3 aromatic rings. The fourth-order valence-electron chi connectivity index (χ4n) is 3.13. The van der Waals surface area contributed by atoms with E-state index in [0.29, 0.717) is 24.9 Å². The summed E-state index contributed by atoms with van der Waals surface area (Å²) in [6, 6.07) is 9.40. The molecule has 0 fully saturated rings. The van der Waals surface area contributed by atoms with E-state index in [0.717, 1.165) is 32.9 Å². The van der Waals surface area contributed by atoms with E-state index in [9.17, 15) is 13.6 Å². The number of halogens is 2. The average molecular weight is 400 g/mol. The topological polar surface area (TPSA) is 80.0 Å². The highest BCUT2D eigenvalue weighted by Gasteiger charge is 2.18. The normalized spacial score (nSPS) is 13.9. The Labute approximate surface area is 164 Å². The molecular weight excluding hydrogens is 382 g/mol. The van der Waals surface area contributed by atoms with E-state index in [1.54, 1.807) is 6.20 Å². The highest BCUT2D eigenvalue weighted by atomic mass is 32.1. The van der Waals surface area contributed by atoms with Crippen LogP contribution in [-0.2, 0) is 17.6 Å². The first-order valence-corrected chi connectivity index (χ1v) is 9.62. The summed E-state index contributed by atoms with van der Waals surface area (Å²) in [7, 11) is 0. The first-order chi connectivity index (χ1) is 13.5. The zero-order valence-corrected chi connectivity index (χ0v) is 15.7. The Kier molecular flexibility index (Phi) is 5.06. The quantitative estimate of drug-likeness (QED) is 0.591. The van der Waals surface area contributed by atoms with E-state index < -0.39 is 11.6 Å². The van der Waals surface area contributed by atoms with Crippen molar-refractivity contribution < 1.29 is 13.6 Å². The SMILES string of the molecule is N[C@H](CNc1ncc(-c2ccc3c(c2)CC(=O)N3)s1)Cc1ccc(F)c(F)c1. The van der Waals surface area contributed by atoms with Gasteiger partial charge in [-0.05, 0) is 47.4 Å². The van der Waals surface area contributed by atoms with Gasteiger partial charge in [0.05, 0.1) is 11.3 Å². The second-order valence-electron chi connectivity index (χ2n) is 6.72. The van der Waals surface area contributed by atoms with Gasteiger partial charge in [-0.15, -0.1) is 0 Å². The largest absolute Gasteiger partial charge is 0.360 e. The van der Waals surface area contributed by atoms with Crippen LogP contribution in [0.2, 0.25) is 0 Å².